The van der Waals surface area contributed by atoms with Crippen molar-refractivity contribution < 1.29 is 14.3 Å². The number of aromatic nitrogens is 3. The third-order valence-electron chi connectivity index (χ3n) is 2.34. The number of esters is 1. The minimum atomic E-state index is -0.609. The number of amides is 1. The van der Waals surface area contributed by atoms with E-state index in [9.17, 15) is 9.59 Å². The highest BCUT2D eigenvalue weighted by Crippen LogP contribution is 2.07. The minimum Gasteiger partial charge on any atom is -0.462 e. The molecular formula is C12H12N4O3. The van der Waals surface area contributed by atoms with Gasteiger partial charge in [-0.3, -0.25) is 4.79 Å². The van der Waals surface area contributed by atoms with Crippen molar-refractivity contribution in [3.05, 3.63) is 41.9 Å². The zero-order chi connectivity index (χ0) is 13.8. The largest absolute Gasteiger partial charge is 0.462 e. The lowest BCUT2D eigenvalue weighted by Gasteiger charge is -2.03. The Morgan fingerprint density at radius 1 is 1.37 bits per heavy atom. The van der Waals surface area contributed by atoms with Crippen LogP contribution in [0.15, 0.2) is 30.6 Å². The first-order valence-electron chi connectivity index (χ1n) is 5.61. The third-order valence-corrected chi connectivity index (χ3v) is 2.34. The van der Waals surface area contributed by atoms with Crippen LogP contribution in [0.2, 0.25) is 0 Å². The molecule has 1 amide bonds. The minimum absolute atomic E-state index is 0.149. The highest BCUT2D eigenvalue weighted by molar-refractivity contribution is 5.90. The Bertz CT molecular complexity index is 604. The molecule has 2 rings (SSSR count). The first kappa shape index (κ1) is 12.7. The smallest absolute Gasteiger partial charge is 0.339 e. The van der Waals surface area contributed by atoms with E-state index in [0.29, 0.717) is 18.0 Å². The summed E-state index contributed by atoms with van der Waals surface area (Å²) in [5, 5.41) is 3.95. The molecule has 0 saturated carbocycles. The second-order valence-electron chi connectivity index (χ2n) is 3.64. The van der Waals surface area contributed by atoms with Gasteiger partial charge in [-0.25, -0.2) is 14.5 Å². The number of hydrogen-bond donors (Lipinski definition) is 1. The molecule has 0 unspecified atom stereocenters. The second kappa shape index (κ2) is 5.30. The van der Waals surface area contributed by atoms with Crippen molar-refractivity contribution in [3.8, 4) is 5.82 Å². The van der Waals surface area contributed by atoms with Gasteiger partial charge in [-0.2, -0.15) is 5.10 Å². The van der Waals surface area contributed by atoms with E-state index >= 15 is 0 Å². The molecule has 98 valence electrons. The van der Waals surface area contributed by atoms with Crippen LogP contribution >= 0.6 is 0 Å². The summed E-state index contributed by atoms with van der Waals surface area (Å²) in [7, 11) is 0. The van der Waals surface area contributed by atoms with Crippen LogP contribution in [-0.2, 0) is 4.74 Å². The van der Waals surface area contributed by atoms with Crippen molar-refractivity contribution >= 4 is 11.9 Å². The normalized spacial score (nSPS) is 10.2. The van der Waals surface area contributed by atoms with E-state index in [0.717, 1.165) is 0 Å². The molecule has 2 heterocycles. The Kier molecular flexibility index (Phi) is 3.56. The second-order valence-corrected chi connectivity index (χ2v) is 3.64. The summed E-state index contributed by atoms with van der Waals surface area (Å²) in [6.07, 6.45) is 2.95. The monoisotopic (exact) mass is 260 g/mol. The van der Waals surface area contributed by atoms with E-state index < -0.39 is 11.9 Å². The number of rotatable bonds is 4. The van der Waals surface area contributed by atoms with E-state index in [1.807, 2.05) is 0 Å². The molecule has 0 atom stereocenters. The van der Waals surface area contributed by atoms with Gasteiger partial charge in [0.05, 0.1) is 12.2 Å². The molecule has 19 heavy (non-hydrogen) atoms. The van der Waals surface area contributed by atoms with E-state index in [2.05, 4.69) is 10.1 Å². The maximum atomic E-state index is 11.4. The fourth-order valence-electron chi connectivity index (χ4n) is 1.44. The number of carbonyl (C=O) groups is 2. The van der Waals surface area contributed by atoms with Gasteiger partial charge < -0.3 is 10.5 Å². The van der Waals surface area contributed by atoms with Crippen LogP contribution in [0.3, 0.4) is 0 Å². The van der Waals surface area contributed by atoms with Gasteiger partial charge in [0.25, 0.3) is 5.91 Å². The molecule has 0 saturated heterocycles. The highest BCUT2D eigenvalue weighted by atomic mass is 16.5. The summed E-state index contributed by atoms with van der Waals surface area (Å²) in [6, 6.07) is 4.67. The predicted molar refractivity (Wildman–Crippen MR) is 65.8 cm³/mol. The summed E-state index contributed by atoms with van der Waals surface area (Å²) in [5.74, 6) is -0.567. The molecule has 0 aliphatic rings. The fraction of sp³-hybridized carbons (Fsp3) is 0.167. The van der Waals surface area contributed by atoms with Crippen LogP contribution in [-0.4, -0.2) is 33.2 Å². The Morgan fingerprint density at radius 3 is 2.68 bits per heavy atom. The Labute approximate surface area is 109 Å². The van der Waals surface area contributed by atoms with E-state index in [1.54, 1.807) is 25.3 Å². The molecule has 0 fully saturated rings. The lowest BCUT2D eigenvalue weighted by molar-refractivity contribution is 0.0525. The summed E-state index contributed by atoms with van der Waals surface area (Å²) in [6.45, 7) is 2.04. The fourth-order valence-corrected chi connectivity index (χ4v) is 1.44. The Balaban J connectivity index is 2.22. The van der Waals surface area contributed by atoms with Crippen LogP contribution in [0, 0.1) is 0 Å². The van der Waals surface area contributed by atoms with Gasteiger partial charge in [-0.1, -0.05) is 0 Å². The topological polar surface area (TPSA) is 100 Å². The van der Waals surface area contributed by atoms with Gasteiger partial charge in [-0.15, -0.1) is 0 Å². The van der Waals surface area contributed by atoms with Gasteiger partial charge in [0.1, 0.15) is 5.69 Å². The first-order valence-corrected chi connectivity index (χ1v) is 5.61. The summed E-state index contributed by atoms with van der Waals surface area (Å²) >= 11 is 0. The van der Waals surface area contributed by atoms with E-state index in [-0.39, 0.29) is 5.69 Å². The van der Waals surface area contributed by atoms with Crippen molar-refractivity contribution in [1.29, 1.82) is 0 Å². The zero-order valence-electron chi connectivity index (χ0n) is 10.2. The average Bonchev–Trinajstić information content (AvgIpc) is 2.89. The summed E-state index contributed by atoms with van der Waals surface area (Å²) in [5.41, 5.74) is 5.61. The zero-order valence-corrected chi connectivity index (χ0v) is 10.2. The lowest BCUT2D eigenvalue weighted by atomic mass is 10.3. The maximum absolute atomic E-state index is 11.4. The van der Waals surface area contributed by atoms with Gasteiger partial charge in [-0.05, 0) is 25.1 Å². The lowest BCUT2D eigenvalue weighted by Crippen LogP contribution is -2.12. The quantitative estimate of drug-likeness (QED) is 0.809. The number of primary amides is 1. The van der Waals surface area contributed by atoms with Crippen molar-refractivity contribution in [2.24, 2.45) is 5.73 Å². The first-order chi connectivity index (χ1) is 9.11. The number of pyridine rings is 1. The van der Waals surface area contributed by atoms with Crippen molar-refractivity contribution in [2.45, 2.75) is 6.92 Å². The van der Waals surface area contributed by atoms with Crippen molar-refractivity contribution in [1.82, 2.24) is 14.8 Å². The van der Waals surface area contributed by atoms with Crippen LogP contribution < -0.4 is 5.73 Å². The Morgan fingerprint density at radius 2 is 2.16 bits per heavy atom. The van der Waals surface area contributed by atoms with Gasteiger partial charge in [0.2, 0.25) is 0 Å². The van der Waals surface area contributed by atoms with Crippen LogP contribution in [0.25, 0.3) is 5.82 Å². The van der Waals surface area contributed by atoms with Crippen molar-refractivity contribution in [2.75, 3.05) is 6.61 Å². The molecule has 0 spiro atoms. The molecule has 7 nitrogen and oxygen atoms in total. The van der Waals surface area contributed by atoms with Crippen LogP contribution in [0.4, 0.5) is 0 Å². The number of hydrogen-bond acceptors (Lipinski definition) is 5. The molecule has 2 aromatic rings. The molecule has 7 heteroatoms. The number of nitrogens with zero attached hydrogens (tertiary/aromatic N) is 3. The molecule has 2 N–H and O–H groups in total. The third kappa shape index (κ3) is 2.76. The van der Waals surface area contributed by atoms with E-state index in [1.165, 1.54) is 16.9 Å². The average molecular weight is 260 g/mol. The predicted octanol–water partition coefficient (Wildman–Crippen LogP) is 0.543. The SMILES string of the molecule is CCOC(=O)c1ccc(-n2ccc(C(N)=O)n2)nc1. The van der Waals surface area contributed by atoms with Crippen LogP contribution in [0.5, 0.6) is 0 Å². The molecule has 0 aliphatic carbocycles. The molecule has 0 aromatic carbocycles. The Hall–Kier alpha value is -2.70. The van der Waals surface area contributed by atoms with Crippen molar-refractivity contribution in [3.63, 3.8) is 0 Å². The maximum Gasteiger partial charge on any atom is 0.339 e. The number of carbonyl (C=O) groups excluding carboxylic acids is 2. The van der Waals surface area contributed by atoms with E-state index in [4.69, 9.17) is 10.5 Å². The summed E-state index contributed by atoms with van der Waals surface area (Å²) in [4.78, 5) is 26.4. The molecule has 0 bridgehead atoms. The number of nitrogens with two attached hydrogens (primary N) is 1. The van der Waals surface area contributed by atoms with Gasteiger partial charge in [0, 0.05) is 12.4 Å². The standard InChI is InChI=1S/C12H12N4O3/c1-2-19-12(18)8-3-4-10(14-7-8)16-6-5-9(15-16)11(13)17/h3-7H,2H2,1H3,(H2,13,17). The highest BCUT2D eigenvalue weighted by Gasteiger charge is 2.09. The van der Waals surface area contributed by atoms with Gasteiger partial charge in [0.15, 0.2) is 5.82 Å². The van der Waals surface area contributed by atoms with Gasteiger partial charge >= 0.3 is 5.97 Å². The number of ether oxygens (including phenoxy) is 1. The summed E-state index contributed by atoms with van der Waals surface area (Å²) < 4.78 is 6.24. The van der Waals surface area contributed by atoms with Crippen LogP contribution in [0.1, 0.15) is 27.8 Å². The molecule has 0 aliphatic heterocycles. The molecule has 0 radical (unpaired) electrons. The molecule has 2 aromatic heterocycles. The molecular weight excluding hydrogens is 248 g/mol.